The molecule has 1 amide bonds. The van der Waals surface area contributed by atoms with Crippen LogP contribution in [0.3, 0.4) is 0 Å². The van der Waals surface area contributed by atoms with E-state index < -0.39 is 11.9 Å². The molecule has 176 valence electrons. The van der Waals surface area contributed by atoms with E-state index in [1.165, 1.54) is 9.36 Å². The van der Waals surface area contributed by atoms with Gasteiger partial charge < -0.3 is 10.1 Å². The number of rotatable bonds is 9. The number of benzene rings is 1. The summed E-state index contributed by atoms with van der Waals surface area (Å²) in [5.41, 5.74) is -0.0440. The fourth-order valence-electron chi connectivity index (χ4n) is 3.26. The summed E-state index contributed by atoms with van der Waals surface area (Å²) in [4.78, 5) is 12.3. The number of nitrogens with zero attached hydrogens (tertiary/aromatic N) is 4. The van der Waals surface area contributed by atoms with Gasteiger partial charge in [-0.25, -0.2) is 4.68 Å². The summed E-state index contributed by atoms with van der Waals surface area (Å²) >= 11 is 9.27. The molecule has 33 heavy (non-hydrogen) atoms. The molecule has 0 bridgehead atoms. The van der Waals surface area contributed by atoms with Gasteiger partial charge in [0.25, 0.3) is 5.91 Å². The molecule has 0 saturated heterocycles. The second-order valence-corrected chi connectivity index (χ2v) is 8.94. The molecule has 12 heteroatoms. The maximum atomic E-state index is 13.0. The lowest BCUT2D eigenvalue weighted by molar-refractivity contribution is -0.141. The molecule has 2 heterocycles. The zero-order valence-corrected chi connectivity index (χ0v) is 19.6. The number of halogens is 5. The highest BCUT2D eigenvalue weighted by Gasteiger charge is 2.37. The molecular weight excluding hydrogens is 527 g/mol. The molecule has 1 saturated carbocycles. The number of ether oxygens (including phenoxy) is 1. The van der Waals surface area contributed by atoms with E-state index in [2.05, 4.69) is 31.4 Å². The minimum absolute atomic E-state index is 0.0955. The third kappa shape index (κ3) is 6.08. The molecule has 0 atom stereocenters. The van der Waals surface area contributed by atoms with Crippen molar-refractivity contribution < 1.29 is 22.7 Å². The molecule has 3 aromatic rings. The molecule has 1 aliphatic rings. The van der Waals surface area contributed by atoms with E-state index in [1.807, 2.05) is 0 Å². The Hall–Kier alpha value is -2.53. The Morgan fingerprint density at radius 2 is 2.03 bits per heavy atom. The zero-order valence-electron chi connectivity index (χ0n) is 17.3. The highest BCUT2D eigenvalue weighted by molar-refractivity contribution is 9.10. The van der Waals surface area contributed by atoms with Crippen LogP contribution in [0.4, 0.5) is 13.2 Å². The summed E-state index contributed by atoms with van der Waals surface area (Å²) in [6.07, 6.45) is -0.653. The largest absolute Gasteiger partial charge is 0.470 e. The highest BCUT2D eigenvalue weighted by atomic mass is 79.9. The van der Waals surface area contributed by atoms with Crippen molar-refractivity contribution in [3.63, 3.8) is 0 Å². The standard InChI is InChI=1S/C21H20BrClF3N5O2/c22-15-10-14(23)4-5-18(15)33-12-30-9-6-16(28-30)20(32)27-7-1-8-31-17(13-2-3-13)11-19(29-31)21(24,25)26/h4-6,9-11,13H,1-3,7-8,12H2,(H,27,32). The van der Waals surface area contributed by atoms with Gasteiger partial charge in [0.1, 0.15) is 11.4 Å². The van der Waals surface area contributed by atoms with Crippen LogP contribution in [0.25, 0.3) is 0 Å². The molecule has 4 rings (SSSR count). The van der Waals surface area contributed by atoms with Gasteiger partial charge in [0.15, 0.2) is 12.4 Å². The topological polar surface area (TPSA) is 74.0 Å². The Bertz CT molecular complexity index is 1140. The quantitative estimate of drug-likeness (QED) is 0.372. The maximum absolute atomic E-state index is 13.0. The number of hydrogen-bond donors (Lipinski definition) is 1. The van der Waals surface area contributed by atoms with E-state index in [0.717, 1.165) is 18.9 Å². The Balaban J connectivity index is 1.25. The van der Waals surface area contributed by atoms with Crippen molar-refractivity contribution in [1.29, 1.82) is 0 Å². The number of aromatic nitrogens is 4. The van der Waals surface area contributed by atoms with Gasteiger partial charge in [-0.2, -0.15) is 23.4 Å². The number of carbonyl (C=O) groups excluding carboxylic acids is 1. The van der Waals surface area contributed by atoms with Gasteiger partial charge in [0.05, 0.1) is 4.47 Å². The van der Waals surface area contributed by atoms with E-state index >= 15 is 0 Å². The summed E-state index contributed by atoms with van der Waals surface area (Å²) in [5.74, 6) is 0.349. The van der Waals surface area contributed by atoms with Gasteiger partial charge in [-0.05, 0) is 65.5 Å². The van der Waals surface area contributed by atoms with Gasteiger partial charge in [-0.3, -0.25) is 9.48 Å². The van der Waals surface area contributed by atoms with Crippen molar-refractivity contribution >= 4 is 33.4 Å². The molecular formula is C21H20BrClF3N5O2. The Kier molecular flexibility index (Phi) is 6.99. The van der Waals surface area contributed by atoms with Crippen molar-refractivity contribution in [2.75, 3.05) is 6.54 Å². The Morgan fingerprint density at radius 3 is 2.73 bits per heavy atom. The monoisotopic (exact) mass is 545 g/mol. The molecule has 0 aliphatic heterocycles. The first-order valence-corrected chi connectivity index (χ1v) is 11.4. The predicted octanol–water partition coefficient (Wildman–Crippen LogP) is 5.25. The van der Waals surface area contributed by atoms with Crippen LogP contribution < -0.4 is 10.1 Å². The summed E-state index contributed by atoms with van der Waals surface area (Å²) in [6, 6.07) is 7.82. The Morgan fingerprint density at radius 1 is 1.24 bits per heavy atom. The van der Waals surface area contributed by atoms with Gasteiger partial charge in [0, 0.05) is 35.9 Å². The average Bonchev–Trinajstić information content (AvgIpc) is 3.31. The van der Waals surface area contributed by atoms with E-state index in [1.54, 1.807) is 30.5 Å². The van der Waals surface area contributed by atoms with E-state index in [0.29, 0.717) is 33.9 Å². The van der Waals surface area contributed by atoms with Crippen LogP contribution >= 0.6 is 27.5 Å². The van der Waals surface area contributed by atoms with Crippen molar-refractivity contribution in [1.82, 2.24) is 24.9 Å². The normalized spacial score (nSPS) is 13.8. The fraction of sp³-hybridized carbons (Fsp3) is 0.381. The molecule has 1 fully saturated rings. The Labute approximate surface area is 201 Å². The van der Waals surface area contributed by atoms with E-state index in [4.69, 9.17) is 16.3 Å². The molecule has 0 unspecified atom stereocenters. The molecule has 7 nitrogen and oxygen atoms in total. The van der Waals surface area contributed by atoms with Crippen LogP contribution in [0.2, 0.25) is 5.02 Å². The molecule has 2 aromatic heterocycles. The number of alkyl halides is 3. The van der Waals surface area contributed by atoms with Crippen LogP contribution in [-0.4, -0.2) is 32.0 Å². The number of hydrogen-bond acceptors (Lipinski definition) is 4. The summed E-state index contributed by atoms with van der Waals surface area (Å²) in [6.45, 7) is 0.671. The number of carbonyl (C=O) groups is 1. The zero-order chi connectivity index (χ0) is 23.6. The van der Waals surface area contributed by atoms with Crippen molar-refractivity contribution in [3.05, 3.63) is 63.1 Å². The minimum Gasteiger partial charge on any atom is -0.470 e. The van der Waals surface area contributed by atoms with Crippen LogP contribution in [0.5, 0.6) is 5.75 Å². The SMILES string of the molecule is O=C(NCCCn1nc(C(F)(F)F)cc1C1CC1)c1ccn(COc2ccc(Cl)cc2Br)n1. The lowest BCUT2D eigenvalue weighted by Gasteiger charge is -2.08. The van der Waals surface area contributed by atoms with Crippen LogP contribution in [0, 0.1) is 0 Å². The fourth-order valence-corrected chi connectivity index (χ4v) is 4.06. The first kappa shape index (κ1) is 23.6. The van der Waals surface area contributed by atoms with Gasteiger partial charge in [0.2, 0.25) is 0 Å². The third-order valence-corrected chi connectivity index (χ3v) is 5.90. The molecule has 1 aromatic carbocycles. The molecule has 1 aliphatic carbocycles. The van der Waals surface area contributed by atoms with Crippen molar-refractivity contribution in [2.45, 2.75) is 44.6 Å². The molecule has 1 N–H and O–H groups in total. The second kappa shape index (κ2) is 9.76. The third-order valence-electron chi connectivity index (χ3n) is 5.05. The number of aryl methyl sites for hydroxylation is 1. The molecule has 0 radical (unpaired) electrons. The van der Waals surface area contributed by atoms with E-state index in [9.17, 15) is 18.0 Å². The first-order chi connectivity index (χ1) is 15.7. The number of amides is 1. The first-order valence-electron chi connectivity index (χ1n) is 10.2. The van der Waals surface area contributed by atoms with Crippen LogP contribution in [0.1, 0.15) is 47.1 Å². The van der Waals surface area contributed by atoms with Crippen LogP contribution in [-0.2, 0) is 19.5 Å². The lowest BCUT2D eigenvalue weighted by Crippen LogP contribution is -2.26. The van der Waals surface area contributed by atoms with Crippen molar-refractivity contribution in [2.24, 2.45) is 0 Å². The highest BCUT2D eigenvalue weighted by Crippen LogP contribution is 2.42. The second-order valence-electron chi connectivity index (χ2n) is 7.65. The summed E-state index contributed by atoms with van der Waals surface area (Å²) < 4.78 is 48.2. The van der Waals surface area contributed by atoms with Crippen molar-refractivity contribution in [3.8, 4) is 5.75 Å². The smallest absolute Gasteiger partial charge is 0.435 e. The van der Waals surface area contributed by atoms with Crippen LogP contribution in [0.15, 0.2) is 41.0 Å². The summed E-state index contributed by atoms with van der Waals surface area (Å²) in [7, 11) is 0. The predicted molar refractivity (Wildman–Crippen MR) is 118 cm³/mol. The minimum atomic E-state index is -4.46. The van der Waals surface area contributed by atoms with Gasteiger partial charge >= 0.3 is 6.18 Å². The van der Waals surface area contributed by atoms with E-state index in [-0.39, 0.29) is 30.8 Å². The van der Waals surface area contributed by atoms with Gasteiger partial charge in [-0.15, -0.1) is 0 Å². The molecule has 0 spiro atoms. The van der Waals surface area contributed by atoms with Gasteiger partial charge in [-0.1, -0.05) is 11.6 Å². The summed E-state index contributed by atoms with van der Waals surface area (Å²) in [5, 5.41) is 11.2. The number of nitrogens with one attached hydrogen (secondary N) is 1. The maximum Gasteiger partial charge on any atom is 0.435 e. The lowest BCUT2D eigenvalue weighted by atomic mass is 10.2. The average molecular weight is 547 g/mol.